The van der Waals surface area contributed by atoms with Crippen LogP contribution in [0.3, 0.4) is 0 Å². The monoisotopic (exact) mass is 374 g/mol. The Hall–Kier alpha value is -2.87. The molecule has 9 heteroatoms. The van der Waals surface area contributed by atoms with Crippen molar-refractivity contribution in [3.05, 3.63) is 46.5 Å². The van der Waals surface area contributed by atoms with Crippen molar-refractivity contribution >= 4 is 28.5 Å². The number of nitrogens with zero attached hydrogens (tertiary/aromatic N) is 3. The molecule has 4 heterocycles. The predicted molar refractivity (Wildman–Crippen MR) is 90.0 cm³/mol. The summed E-state index contributed by atoms with van der Waals surface area (Å²) in [5.74, 6) is -0.0132. The Morgan fingerprint density at radius 3 is 3.12 bits per heavy atom. The quantitative estimate of drug-likeness (QED) is 0.654. The summed E-state index contributed by atoms with van der Waals surface area (Å²) in [6, 6.07) is 3.93. The summed E-state index contributed by atoms with van der Waals surface area (Å²) in [5, 5.41) is 7.30. The van der Waals surface area contributed by atoms with Crippen LogP contribution in [0.15, 0.2) is 24.4 Å². The number of fused-ring (bicyclic) bond motifs is 4. The minimum atomic E-state index is -0.705. The van der Waals surface area contributed by atoms with Crippen molar-refractivity contribution < 1.29 is 18.7 Å². The summed E-state index contributed by atoms with van der Waals surface area (Å²) in [6.45, 7) is 0.179. The molecule has 2 unspecified atom stereocenters. The highest BCUT2D eigenvalue weighted by Gasteiger charge is 2.41. The highest BCUT2D eigenvalue weighted by atomic mass is 35.5. The van der Waals surface area contributed by atoms with Crippen molar-refractivity contribution in [2.24, 2.45) is 0 Å². The van der Waals surface area contributed by atoms with Crippen molar-refractivity contribution in [3.8, 4) is 11.5 Å². The summed E-state index contributed by atoms with van der Waals surface area (Å²) in [6.07, 6.45) is 0.822. The largest absolute Gasteiger partial charge is 0.491 e. The summed E-state index contributed by atoms with van der Waals surface area (Å²) < 4.78 is 25.9. The fourth-order valence-electron chi connectivity index (χ4n) is 3.42. The van der Waals surface area contributed by atoms with Crippen LogP contribution in [-0.2, 0) is 0 Å². The maximum absolute atomic E-state index is 14.1. The molecule has 132 valence electrons. The van der Waals surface area contributed by atoms with Crippen LogP contribution in [0.4, 0.5) is 4.39 Å². The van der Waals surface area contributed by atoms with Crippen molar-refractivity contribution in [2.45, 2.75) is 12.1 Å². The molecule has 2 aliphatic heterocycles. The smallest absolute Gasteiger partial charge is 0.275 e. The van der Waals surface area contributed by atoms with Gasteiger partial charge in [0.25, 0.3) is 5.91 Å². The van der Waals surface area contributed by atoms with E-state index >= 15 is 0 Å². The molecule has 3 aromatic rings. The van der Waals surface area contributed by atoms with Gasteiger partial charge >= 0.3 is 0 Å². The molecule has 2 aromatic heterocycles. The van der Waals surface area contributed by atoms with Gasteiger partial charge in [-0.25, -0.2) is 9.37 Å². The molecule has 1 N–H and O–H groups in total. The number of aromatic amines is 1. The molecule has 2 aliphatic rings. The second-order valence-corrected chi connectivity index (χ2v) is 6.62. The van der Waals surface area contributed by atoms with Gasteiger partial charge in [0.15, 0.2) is 17.4 Å². The Kier molecular flexibility index (Phi) is 3.14. The lowest BCUT2D eigenvalue weighted by molar-refractivity contribution is 0.0253. The first-order valence-corrected chi connectivity index (χ1v) is 8.31. The normalized spacial score (nSPS) is 21.3. The predicted octanol–water partition coefficient (Wildman–Crippen LogP) is 2.72. The summed E-state index contributed by atoms with van der Waals surface area (Å²) in [7, 11) is 1.63. The lowest BCUT2D eigenvalue weighted by Gasteiger charge is -2.38. The molecule has 7 nitrogen and oxygen atoms in total. The van der Waals surface area contributed by atoms with Gasteiger partial charge in [0.2, 0.25) is 0 Å². The van der Waals surface area contributed by atoms with Crippen molar-refractivity contribution in [2.75, 3.05) is 13.7 Å². The lowest BCUT2D eigenvalue weighted by Crippen LogP contribution is -2.48. The molecule has 2 bridgehead atoms. The molecular formula is C17H12ClFN4O3. The molecule has 0 saturated carbocycles. The van der Waals surface area contributed by atoms with Crippen LogP contribution in [0.1, 0.15) is 22.2 Å². The first-order chi connectivity index (χ1) is 12.5. The molecule has 2 atom stereocenters. The van der Waals surface area contributed by atoms with E-state index < -0.39 is 18.0 Å². The van der Waals surface area contributed by atoms with Gasteiger partial charge in [0, 0.05) is 7.05 Å². The first kappa shape index (κ1) is 15.4. The Morgan fingerprint density at radius 2 is 2.27 bits per heavy atom. The number of hydrogen-bond acceptors (Lipinski definition) is 5. The van der Waals surface area contributed by atoms with E-state index in [-0.39, 0.29) is 23.2 Å². The van der Waals surface area contributed by atoms with Crippen LogP contribution < -0.4 is 9.47 Å². The van der Waals surface area contributed by atoms with Crippen LogP contribution in [0.25, 0.3) is 11.0 Å². The molecule has 1 aromatic carbocycles. The number of hydrogen-bond donors (Lipinski definition) is 1. The Balaban J connectivity index is 1.74. The standard InChI is InChI=1S/C17H12ClFN4O3/c1-23-10-6-25-11-3-2-9(19)13(18)12(11)15(10)26-7-4-8-14(17(23)24)21-22-16(8)20-5-7/h2-5,10,15H,6H2,1H3,(H,20,21,22). The number of ether oxygens (including phenoxy) is 2. The molecular weight excluding hydrogens is 363 g/mol. The van der Waals surface area contributed by atoms with Gasteiger partial charge in [-0.2, -0.15) is 5.10 Å². The lowest BCUT2D eigenvalue weighted by atomic mass is 9.97. The topological polar surface area (TPSA) is 80.3 Å². The van der Waals surface area contributed by atoms with E-state index in [0.29, 0.717) is 28.1 Å². The van der Waals surface area contributed by atoms with E-state index in [1.807, 2.05) is 0 Å². The molecule has 1 amide bonds. The molecule has 0 fully saturated rings. The number of likely N-dealkylation sites (N-methyl/N-ethyl adjacent to an activating group) is 1. The van der Waals surface area contributed by atoms with Gasteiger partial charge in [-0.15, -0.1) is 0 Å². The van der Waals surface area contributed by atoms with E-state index in [4.69, 9.17) is 21.1 Å². The van der Waals surface area contributed by atoms with Crippen LogP contribution in [-0.4, -0.2) is 45.7 Å². The van der Waals surface area contributed by atoms with E-state index in [1.54, 1.807) is 13.1 Å². The van der Waals surface area contributed by atoms with Gasteiger partial charge in [-0.1, -0.05) is 11.6 Å². The zero-order valence-electron chi connectivity index (χ0n) is 13.5. The third kappa shape index (κ3) is 2.02. The minimum absolute atomic E-state index is 0.0789. The van der Waals surface area contributed by atoms with Crippen molar-refractivity contribution in [3.63, 3.8) is 0 Å². The molecule has 0 saturated heterocycles. The number of rotatable bonds is 0. The maximum atomic E-state index is 14.1. The second kappa shape index (κ2) is 5.31. The van der Waals surface area contributed by atoms with Gasteiger partial charge in [0.1, 0.15) is 30.0 Å². The highest BCUT2D eigenvalue weighted by molar-refractivity contribution is 6.31. The Morgan fingerprint density at radius 1 is 1.42 bits per heavy atom. The van der Waals surface area contributed by atoms with E-state index in [2.05, 4.69) is 15.2 Å². The minimum Gasteiger partial charge on any atom is -0.491 e. The number of carbonyl (C=O) groups excluding carboxylic acids is 1. The fourth-order valence-corrected chi connectivity index (χ4v) is 3.69. The highest BCUT2D eigenvalue weighted by Crippen LogP contribution is 2.43. The van der Waals surface area contributed by atoms with E-state index in [1.165, 1.54) is 23.2 Å². The number of aromatic nitrogens is 3. The van der Waals surface area contributed by atoms with Crippen molar-refractivity contribution in [1.29, 1.82) is 0 Å². The summed E-state index contributed by atoms with van der Waals surface area (Å²) >= 11 is 6.21. The maximum Gasteiger partial charge on any atom is 0.275 e. The number of amides is 1. The van der Waals surface area contributed by atoms with Gasteiger partial charge in [-0.3, -0.25) is 9.89 Å². The van der Waals surface area contributed by atoms with Crippen LogP contribution >= 0.6 is 11.6 Å². The Labute approximate surface area is 151 Å². The van der Waals surface area contributed by atoms with Crippen molar-refractivity contribution in [1.82, 2.24) is 20.1 Å². The summed E-state index contributed by atoms with van der Waals surface area (Å²) in [5.41, 5.74) is 1.11. The first-order valence-electron chi connectivity index (χ1n) is 7.93. The Bertz CT molecular complexity index is 1070. The zero-order valence-corrected chi connectivity index (χ0v) is 14.2. The van der Waals surface area contributed by atoms with Crippen LogP contribution in [0, 0.1) is 5.82 Å². The fraction of sp³-hybridized carbons (Fsp3) is 0.235. The van der Waals surface area contributed by atoms with Crippen LogP contribution in [0.5, 0.6) is 11.5 Å². The molecule has 0 spiro atoms. The number of benzene rings is 1. The molecule has 0 radical (unpaired) electrons. The van der Waals surface area contributed by atoms with Gasteiger partial charge in [-0.05, 0) is 18.2 Å². The third-order valence-electron chi connectivity index (χ3n) is 4.81. The number of H-pyrrole nitrogens is 1. The second-order valence-electron chi connectivity index (χ2n) is 6.25. The van der Waals surface area contributed by atoms with Gasteiger partial charge < -0.3 is 14.4 Å². The summed E-state index contributed by atoms with van der Waals surface area (Å²) in [4.78, 5) is 18.7. The van der Waals surface area contributed by atoms with Gasteiger partial charge in [0.05, 0.1) is 22.2 Å². The average molecular weight is 375 g/mol. The molecule has 5 rings (SSSR count). The average Bonchev–Trinajstić information content (AvgIpc) is 3.07. The SMILES string of the molecule is CN1C(=O)c2n[nH]c3ncc(cc23)OC2c3c(ccc(F)c3Cl)OCC21. The van der Waals surface area contributed by atoms with E-state index in [0.717, 1.165) is 0 Å². The number of carbonyl (C=O) groups is 1. The number of pyridine rings is 1. The van der Waals surface area contributed by atoms with E-state index in [9.17, 15) is 9.18 Å². The number of halogens is 2. The molecule has 26 heavy (non-hydrogen) atoms. The third-order valence-corrected chi connectivity index (χ3v) is 5.20. The number of nitrogens with one attached hydrogen (secondary N) is 1. The molecule has 0 aliphatic carbocycles. The van der Waals surface area contributed by atoms with Crippen LogP contribution in [0.2, 0.25) is 5.02 Å². The zero-order chi connectivity index (χ0) is 18.0.